The van der Waals surface area contributed by atoms with Crippen LogP contribution in [0.5, 0.6) is 0 Å². The normalized spacial score (nSPS) is 13.0. The fourth-order valence-corrected chi connectivity index (χ4v) is 4.70. The molecule has 0 aliphatic carbocycles. The van der Waals surface area contributed by atoms with Gasteiger partial charge < -0.3 is 13.8 Å². The molecular weight excluding hydrogens is 450 g/mol. The zero-order valence-electron chi connectivity index (χ0n) is 19.4. The zero-order chi connectivity index (χ0) is 21.5. The summed E-state index contributed by atoms with van der Waals surface area (Å²) in [5, 5.41) is 0. The Morgan fingerprint density at radius 1 is 0.667 bits per heavy atom. The first-order valence-electron chi connectivity index (χ1n) is 10.6. The average Bonchev–Trinajstić information content (AvgIpc) is 2.52. The van der Waals surface area contributed by atoms with E-state index in [1.807, 2.05) is 0 Å². The zero-order valence-corrected chi connectivity index (χ0v) is 25.1. The Kier molecular flexibility index (Phi) is 25.8. The third-order valence-corrected chi connectivity index (χ3v) is 6.23. The van der Waals surface area contributed by atoms with Gasteiger partial charge in [0.2, 0.25) is 0 Å². The molecule has 7 nitrogen and oxygen atoms in total. The molecule has 0 bridgehead atoms. The third kappa shape index (κ3) is 27.8. The second-order valence-corrected chi connectivity index (χ2v) is 10.6. The van der Waals surface area contributed by atoms with Gasteiger partial charge in [0.1, 0.15) is 0 Å². The maximum absolute atomic E-state index is 10.8. The summed E-state index contributed by atoms with van der Waals surface area (Å²) in [6.07, 6.45) is 13.5. The first kappa shape index (κ1) is 36.4. The van der Waals surface area contributed by atoms with Crippen molar-refractivity contribution in [1.82, 2.24) is 0 Å². The van der Waals surface area contributed by atoms with Crippen LogP contribution in [0.25, 0.3) is 0 Å². The van der Waals surface area contributed by atoms with Gasteiger partial charge in [0.05, 0.1) is 43.9 Å². The molecule has 0 amide bonds. The molecule has 0 N–H and O–H groups in total. The van der Waals surface area contributed by atoms with Crippen LogP contribution >= 0.6 is 0 Å². The molecule has 0 rings (SSSR count). The molecule has 0 aliphatic heterocycles. The van der Waals surface area contributed by atoms with Gasteiger partial charge in [-0.05, 0) is 13.3 Å². The first-order valence-corrected chi connectivity index (χ1v) is 13.7. The van der Waals surface area contributed by atoms with Crippen molar-refractivity contribution in [3.05, 3.63) is 0 Å². The second-order valence-electron chi connectivity index (χ2n) is 7.70. The minimum Gasteiger partial charge on any atom is -0.748 e. The van der Waals surface area contributed by atoms with Crippen molar-refractivity contribution in [2.45, 2.75) is 110 Å². The fraction of sp³-hybridized carbons (Fsp3) is 1.00. The van der Waals surface area contributed by atoms with Crippen LogP contribution in [-0.2, 0) is 25.0 Å². The molecule has 0 aromatic carbocycles. The van der Waals surface area contributed by atoms with Gasteiger partial charge in [0.15, 0.2) is 0 Å². The molecule has 0 fully saturated rings. The van der Waals surface area contributed by atoms with E-state index in [-0.39, 0.29) is 59.1 Å². The van der Waals surface area contributed by atoms with Crippen LogP contribution in [0.1, 0.15) is 97.3 Å². The van der Waals surface area contributed by atoms with Gasteiger partial charge in [-0.15, -0.1) is 0 Å². The molecule has 0 saturated heterocycles. The van der Waals surface area contributed by atoms with E-state index in [1.165, 1.54) is 57.8 Å². The summed E-state index contributed by atoms with van der Waals surface area (Å²) in [6, 6.07) is 0. The number of rotatable bonds is 19. The van der Waals surface area contributed by atoms with Crippen LogP contribution in [0.3, 0.4) is 0 Å². The van der Waals surface area contributed by atoms with E-state index >= 15 is 0 Å². The molecule has 30 heavy (non-hydrogen) atoms. The predicted octanol–water partition coefficient (Wildman–Crippen LogP) is -2.05. The SMILES string of the molecule is CCCCCCCCCCCCCCC(C)OC(CS(=O)(=O)[O-])CS(=O)(=O)[O-].[Na+].[Na+]. The monoisotopic (exact) mass is 488 g/mol. The van der Waals surface area contributed by atoms with Gasteiger partial charge >= 0.3 is 59.1 Å². The van der Waals surface area contributed by atoms with Gasteiger partial charge in [-0.2, -0.15) is 0 Å². The standard InChI is InChI=1S/C19H40O7S2.2Na/c1-3-4-5-6-7-8-9-10-11-12-13-14-15-18(2)26-19(16-27(20,21)22)17-28(23,24)25;;/h18-19H,3-17H2,1-2H3,(H,20,21,22)(H,23,24,25);;/q;2*+1/p-2. The Balaban J connectivity index is -0.00000364. The molecule has 0 heterocycles. The Morgan fingerprint density at radius 2 is 1.00 bits per heavy atom. The van der Waals surface area contributed by atoms with Crippen LogP contribution in [0.2, 0.25) is 0 Å². The van der Waals surface area contributed by atoms with Gasteiger partial charge in [-0.25, -0.2) is 16.8 Å². The Morgan fingerprint density at radius 3 is 1.33 bits per heavy atom. The van der Waals surface area contributed by atoms with Crippen LogP contribution < -0.4 is 59.1 Å². The minimum atomic E-state index is -4.67. The van der Waals surface area contributed by atoms with Crippen molar-refractivity contribution in [1.29, 1.82) is 0 Å². The van der Waals surface area contributed by atoms with E-state index in [0.717, 1.165) is 19.3 Å². The second kappa shape index (κ2) is 21.3. The summed E-state index contributed by atoms with van der Waals surface area (Å²) in [6.45, 7) is 3.92. The Bertz CT molecular complexity index is 550. The van der Waals surface area contributed by atoms with Crippen molar-refractivity contribution in [2.75, 3.05) is 11.5 Å². The number of ether oxygens (including phenoxy) is 1. The largest absolute Gasteiger partial charge is 1.00 e. The average molecular weight is 489 g/mol. The van der Waals surface area contributed by atoms with E-state index in [0.29, 0.717) is 6.42 Å². The van der Waals surface area contributed by atoms with E-state index < -0.39 is 43.9 Å². The third-order valence-electron chi connectivity index (χ3n) is 4.67. The van der Waals surface area contributed by atoms with Crippen molar-refractivity contribution in [2.24, 2.45) is 0 Å². The van der Waals surface area contributed by atoms with Gasteiger partial charge in [-0.1, -0.05) is 84.0 Å². The summed E-state index contributed by atoms with van der Waals surface area (Å²) in [5.74, 6) is -2.01. The molecule has 1 atom stereocenters. The maximum atomic E-state index is 10.8. The molecule has 0 spiro atoms. The molecular formula is C19H38Na2O7S2. The molecule has 1 unspecified atom stereocenters. The van der Waals surface area contributed by atoms with Crippen LogP contribution in [0.4, 0.5) is 0 Å². The Labute approximate surface area is 229 Å². The van der Waals surface area contributed by atoms with Crippen molar-refractivity contribution in [3.8, 4) is 0 Å². The summed E-state index contributed by atoms with van der Waals surface area (Å²) < 4.78 is 70.4. The predicted molar refractivity (Wildman–Crippen MR) is 109 cm³/mol. The summed E-state index contributed by atoms with van der Waals surface area (Å²) in [7, 11) is -9.33. The molecule has 170 valence electrons. The number of hydrogen-bond donors (Lipinski definition) is 0. The number of hydrogen-bond acceptors (Lipinski definition) is 7. The smallest absolute Gasteiger partial charge is 0.748 e. The van der Waals surface area contributed by atoms with Gasteiger partial charge in [0, 0.05) is 0 Å². The molecule has 0 aliphatic rings. The van der Waals surface area contributed by atoms with Crippen molar-refractivity contribution >= 4 is 20.2 Å². The van der Waals surface area contributed by atoms with Crippen LogP contribution in [-0.4, -0.2) is 49.7 Å². The van der Waals surface area contributed by atoms with E-state index in [1.54, 1.807) is 6.92 Å². The molecule has 0 saturated carbocycles. The number of unbranched alkanes of at least 4 members (excludes halogenated alkanes) is 11. The Hall–Kier alpha value is 1.78. The van der Waals surface area contributed by atoms with E-state index in [9.17, 15) is 25.9 Å². The van der Waals surface area contributed by atoms with Gasteiger partial charge in [-0.3, -0.25) is 0 Å². The topological polar surface area (TPSA) is 124 Å². The quantitative estimate of drug-likeness (QED) is 0.116. The minimum absolute atomic E-state index is 0. The first-order chi connectivity index (χ1) is 13.0. The fourth-order valence-electron chi connectivity index (χ4n) is 3.25. The van der Waals surface area contributed by atoms with Crippen molar-refractivity contribution < 1.29 is 89.8 Å². The van der Waals surface area contributed by atoms with Crippen LogP contribution in [0.15, 0.2) is 0 Å². The summed E-state index contributed by atoms with van der Waals surface area (Å²) in [4.78, 5) is 0. The van der Waals surface area contributed by atoms with E-state index in [2.05, 4.69) is 6.92 Å². The van der Waals surface area contributed by atoms with Crippen molar-refractivity contribution in [3.63, 3.8) is 0 Å². The molecule has 0 radical (unpaired) electrons. The summed E-state index contributed by atoms with van der Waals surface area (Å²) in [5.41, 5.74) is 0. The van der Waals surface area contributed by atoms with Gasteiger partial charge in [0.25, 0.3) is 0 Å². The maximum Gasteiger partial charge on any atom is 1.00 e. The molecule has 11 heteroatoms. The van der Waals surface area contributed by atoms with Crippen LogP contribution in [0, 0.1) is 0 Å². The molecule has 0 aromatic heterocycles. The van der Waals surface area contributed by atoms with E-state index in [4.69, 9.17) is 4.74 Å². The molecule has 0 aromatic rings. The summed E-state index contributed by atoms with van der Waals surface area (Å²) >= 11 is 0.